The lowest BCUT2D eigenvalue weighted by Crippen LogP contribution is -2.44. The van der Waals surface area contributed by atoms with Gasteiger partial charge in [0.15, 0.2) is 0 Å². The molecule has 0 aliphatic heterocycles. The van der Waals surface area contributed by atoms with Crippen molar-refractivity contribution in [1.29, 1.82) is 0 Å². The zero-order chi connectivity index (χ0) is 30.8. The van der Waals surface area contributed by atoms with Crippen LogP contribution in [0.2, 0.25) is 18.1 Å². The van der Waals surface area contributed by atoms with Crippen LogP contribution in [0.5, 0.6) is 0 Å². The summed E-state index contributed by atoms with van der Waals surface area (Å²) in [6, 6.07) is 16.3. The number of nitrogens with zero attached hydrogens (tertiary/aromatic N) is 1. The quantitative estimate of drug-likeness (QED) is 0.130. The van der Waals surface area contributed by atoms with Crippen molar-refractivity contribution in [2.75, 3.05) is 20.3 Å². The van der Waals surface area contributed by atoms with Gasteiger partial charge in [-0.2, -0.15) is 0 Å². The van der Waals surface area contributed by atoms with Crippen LogP contribution in [-0.4, -0.2) is 41.0 Å². The molecule has 226 valence electrons. The van der Waals surface area contributed by atoms with E-state index in [4.69, 9.17) is 9.16 Å². The van der Waals surface area contributed by atoms with Gasteiger partial charge in [0.25, 0.3) is 10.0 Å². The van der Waals surface area contributed by atoms with Crippen molar-refractivity contribution >= 4 is 29.2 Å². The van der Waals surface area contributed by atoms with Crippen molar-refractivity contribution in [3.05, 3.63) is 103 Å². The van der Waals surface area contributed by atoms with E-state index in [-0.39, 0.29) is 16.0 Å². The molecule has 0 saturated carbocycles. The summed E-state index contributed by atoms with van der Waals surface area (Å²) in [5.41, 5.74) is 2.07. The average molecular weight is 607 g/mol. The number of methoxy groups -OCH3 is 1. The SMILES string of the molecule is C=CCN[C@@H]1c2c(n(S(=O)(=O)c3ccccc3)c3ccccc23)CC[C@]1(/C=C/COC)CC(=C)O[Si](C)(C)C(C)(C)C. The standard InChI is InChI=1S/C34H46N2O4SSi/c1-9-23-35-32-31-28-18-13-14-19-29(28)36(41(37,38)27-16-11-10-12-17-27)30(31)20-22-34(32,21-15-24-39-6)25-26(2)40-42(7,8)33(3,4)5/h9-19,21,32,35H,1-2,20,22-25H2,3-8H3/b21-15+/t32-,34-/m1/s1. The molecule has 0 bridgehead atoms. The van der Waals surface area contributed by atoms with Crippen LogP contribution < -0.4 is 5.32 Å². The highest BCUT2D eigenvalue weighted by Gasteiger charge is 2.47. The van der Waals surface area contributed by atoms with Crippen molar-refractivity contribution in [3.8, 4) is 0 Å². The minimum absolute atomic E-state index is 0.0361. The molecule has 42 heavy (non-hydrogen) atoms. The Hall–Kier alpha value is -2.91. The summed E-state index contributed by atoms with van der Waals surface area (Å²) in [5.74, 6) is 0.762. The van der Waals surface area contributed by atoms with E-state index >= 15 is 0 Å². The van der Waals surface area contributed by atoms with Gasteiger partial charge in [0.1, 0.15) is 0 Å². The number of benzene rings is 2. The van der Waals surface area contributed by atoms with Crippen LogP contribution in [0.15, 0.2) is 96.6 Å². The highest BCUT2D eigenvalue weighted by molar-refractivity contribution is 7.90. The lowest BCUT2D eigenvalue weighted by molar-refractivity contribution is 0.193. The van der Waals surface area contributed by atoms with Crippen LogP contribution in [0.4, 0.5) is 0 Å². The predicted molar refractivity (Wildman–Crippen MR) is 176 cm³/mol. The maximum atomic E-state index is 14.2. The molecule has 0 radical (unpaired) electrons. The van der Waals surface area contributed by atoms with Crippen molar-refractivity contribution in [2.45, 2.75) is 69.1 Å². The highest BCUT2D eigenvalue weighted by atomic mass is 32.2. The third-order valence-corrected chi connectivity index (χ3v) is 15.0. The Morgan fingerprint density at radius 2 is 1.81 bits per heavy atom. The second-order valence-electron chi connectivity index (χ2n) is 12.8. The highest BCUT2D eigenvalue weighted by Crippen LogP contribution is 2.53. The van der Waals surface area contributed by atoms with Crippen molar-refractivity contribution in [3.63, 3.8) is 0 Å². The molecular formula is C34H46N2O4SSi. The Kier molecular flexibility index (Phi) is 9.42. The molecule has 1 aromatic heterocycles. The first kappa shape index (κ1) is 32.0. The molecule has 2 aromatic carbocycles. The molecule has 4 rings (SSSR count). The molecule has 1 heterocycles. The Morgan fingerprint density at radius 3 is 2.45 bits per heavy atom. The van der Waals surface area contributed by atoms with E-state index in [1.54, 1.807) is 35.3 Å². The largest absolute Gasteiger partial charge is 0.547 e. The number of para-hydroxylation sites is 1. The number of ether oxygens (including phenoxy) is 1. The summed E-state index contributed by atoms with van der Waals surface area (Å²) in [4.78, 5) is 0.275. The lowest BCUT2D eigenvalue weighted by Gasteiger charge is -2.45. The van der Waals surface area contributed by atoms with Gasteiger partial charge in [0.05, 0.1) is 22.8 Å². The first-order valence-electron chi connectivity index (χ1n) is 14.6. The monoisotopic (exact) mass is 606 g/mol. The minimum Gasteiger partial charge on any atom is -0.547 e. The van der Waals surface area contributed by atoms with Gasteiger partial charge < -0.3 is 14.5 Å². The molecule has 3 aromatic rings. The lowest BCUT2D eigenvalue weighted by atomic mass is 9.66. The van der Waals surface area contributed by atoms with E-state index in [9.17, 15) is 8.42 Å². The number of hydrogen-bond acceptors (Lipinski definition) is 5. The second-order valence-corrected chi connectivity index (χ2v) is 19.3. The molecule has 1 aliphatic carbocycles. The fourth-order valence-corrected chi connectivity index (χ4v) is 8.54. The van der Waals surface area contributed by atoms with Crippen molar-refractivity contribution in [2.24, 2.45) is 5.41 Å². The van der Waals surface area contributed by atoms with Gasteiger partial charge in [-0.15, -0.1) is 6.58 Å². The molecule has 0 saturated heterocycles. The van der Waals surface area contributed by atoms with E-state index in [1.807, 2.05) is 36.4 Å². The molecule has 8 heteroatoms. The molecule has 1 N–H and O–H groups in total. The molecule has 0 unspecified atom stereocenters. The zero-order valence-corrected chi connectivity index (χ0v) is 27.8. The first-order valence-corrected chi connectivity index (χ1v) is 18.9. The number of hydrogen-bond donors (Lipinski definition) is 1. The fraction of sp³-hybridized carbons (Fsp3) is 0.412. The summed E-state index contributed by atoms with van der Waals surface area (Å²) in [6.07, 6.45) is 8.02. The Labute approximate surface area is 253 Å². The van der Waals surface area contributed by atoms with Crippen LogP contribution in [0, 0.1) is 5.41 Å². The second kappa shape index (κ2) is 12.4. The van der Waals surface area contributed by atoms with Crippen molar-refractivity contribution < 1.29 is 17.6 Å². The van der Waals surface area contributed by atoms with Crippen molar-refractivity contribution in [1.82, 2.24) is 9.29 Å². The summed E-state index contributed by atoms with van der Waals surface area (Å²) in [5, 5.41) is 4.70. The summed E-state index contributed by atoms with van der Waals surface area (Å²) >= 11 is 0. The summed E-state index contributed by atoms with van der Waals surface area (Å²) < 4.78 is 42.0. The Balaban J connectivity index is 1.93. The molecule has 0 amide bonds. The number of rotatable bonds is 12. The minimum atomic E-state index is -3.84. The van der Waals surface area contributed by atoms with Crippen LogP contribution in [0.3, 0.4) is 0 Å². The van der Waals surface area contributed by atoms with E-state index in [1.165, 1.54) is 0 Å². The first-order chi connectivity index (χ1) is 19.8. The third-order valence-electron chi connectivity index (χ3n) is 8.85. The van der Waals surface area contributed by atoms with E-state index in [0.717, 1.165) is 22.4 Å². The topological polar surface area (TPSA) is 69.6 Å². The van der Waals surface area contributed by atoms with Gasteiger partial charge in [-0.3, -0.25) is 0 Å². The zero-order valence-electron chi connectivity index (χ0n) is 25.9. The van der Waals surface area contributed by atoms with Gasteiger partial charge in [-0.05, 0) is 54.7 Å². The molecule has 1 aliphatic rings. The normalized spacial score (nSPS) is 19.6. The maximum absolute atomic E-state index is 14.2. The molecule has 6 nitrogen and oxygen atoms in total. The van der Waals surface area contributed by atoms with Gasteiger partial charge >= 0.3 is 0 Å². The van der Waals surface area contributed by atoms with Crippen LogP contribution in [-0.2, 0) is 25.6 Å². The van der Waals surface area contributed by atoms with E-state index < -0.39 is 23.8 Å². The summed E-state index contributed by atoms with van der Waals surface area (Å²) in [7, 11) is -4.26. The van der Waals surface area contributed by atoms with Crippen LogP contribution in [0.25, 0.3) is 10.9 Å². The third kappa shape index (κ3) is 6.09. The predicted octanol–water partition coefficient (Wildman–Crippen LogP) is 7.76. The number of fused-ring (bicyclic) bond motifs is 3. The van der Waals surface area contributed by atoms with Crippen LogP contribution in [0.1, 0.15) is 50.9 Å². The van der Waals surface area contributed by atoms with E-state index in [0.29, 0.717) is 37.9 Å². The Morgan fingerprint density at radius 1 is 1.14 bits per heavy atom. The smallest absolute Gasteiger partial charge is 0.268 e. The average Bonchev–Trinajstić information content (AvgIpc) is 3.27. The Bertz CT molecular complexity index is 1570. The van der Waals surface area contributed by atoms with Gasteiger partial charge in [0, 0.05) is 42.6 Å². The van der Waals surface area contributed by atoms with Crippen LogP contribution >= 0.6 is 0 Å². The van der Waals surface area contributed by atoms with Gasteiger partial charge in [-0.1, -0.05) is 82.0 Å². The van der Waals surface area contributed by atoms with E-state index in [2.05, 4.69) is 64.5 Å². The fourth-order valence-electron chi connectivity index (χ4n) is 5.83. The molecule has 0 spiro atoms. The summed E-state index contributed by atoms with van der Waals surface area (Å²) in [6.45, 7) is 20.6. The molecule has 2 atom stereocenters. The molecule has 0 fully saturated rings. The van der Waals surface area contributed by atoms with Gasteiger partial charge in [-0.25, -0.2) is 12.4 Å². The maximum Gasteiger partial charge on any atom is 0.268 e. The molecular weight excluding hydrogens is 561 g/mol. The number of allylic oxidation sites excluding steroid dienone is 1. The number of nitrogens with one attached hydrogen (secondary N) is 1. The van der Waals surface area contributed by atoms with Gasteiger partial charge in [0.2, 0.25) is 8.32 Å². The number of aromatic nitrogens is 1.